The minimum Gasteiger partial charge on any atom is -0.344 e. The van der Waals surface area contributed by atoms with Crippen molar-refractivity contribution in [1.82, 2.24) is 20.5 Å². The fourth-order valence-electron chi connectivity index (χ4n) is 2.12. The number of nitrogens with zero attached hydrogens (tertiary/aromatic N) is 2. The van der Waals surface area contributed by atoms with Gasteiger partial charge in [0.05, 0.1) is 12.2 Å². The molecule has 0 aliphatic carbocycles. The van der Waals surface area contributed by atoms with Gasteiger partial charge in [0.1, 0.15) is 10.8 Å². The summed E-state index contributed by atoms with van der Waals surface area (Å²) in [6, 6.07) is 9.13. The fraction of sp³-hybridized carbons (Fsp3) is 0.133. The second-order valence-electron chi connectivity index (χ2n) is 4.75. The monoisotopic (exact) mass is 300 g/mol. The maximum absolute atomic E-state index is 12.3. The van der Waals surface area contributed by atoms with Crippen molar-refractivity contribution in [2.24, 2.45) is 0 Å². The Kier molecular flexibility index (Phi) is 3.58. The quantitative estimate of drug-likeness (QED) is 0.730. The van der Waals surface area contributed by atoms with Crippen molar-refractivity contribution in [3.8, 4) is 0 Å². The summed E-state index contributed by atoms with van der Waals surface area (Å²) in [6.07, 6.45) is 3.41. The highest BCUT2D eigenvalue weighted by atomic mass is 35.5. The average Bonchev–Trinajstić information content (AvgIpc) is 3.01. The molecule has 1 unspecified atom stereocenters. The summed E-state index contributed by atoms with van der Waals surface area (Å²) in [5.74, 6) is -0.267. The standard InChI is InChI=1S/C15H13ClN4O/c1-9(11-7-17-18-8-11)19-15(21)13-6-10-4-2-3-5-12(10)14(16)20-13/h2-9H,1H3,(H,17,18)(H,19,21). The molecular formula is C15H13ClN4O. The zero-order chi connectivity index (χ0) is 14.8. The van der Waals surface area contributed by atoms with Gasteiger partial charge in [-0.3, -0.25) is 9.89 Å². The second-order valence-corrected chi connectivity index (χ2v) is 5.10. The predicted octanol–water partition coefficient (Wildman–Crippen LogP) is 3.10. The number of aromatic nitrogens is 3. The lowest BCUT2D eigenvalue weighted by atomic mass is 10.1. The van der Waals surface area contributed by atoms with E-state index in [1.54, 1.807) is 18.5 Å². The molecule has 21 heavy (non-hydrogen) atoms. The van der Waals surface area contributed by atoms with Crippen molar-refractivity contribution in [2.75, 3.05) is 0 Å². The van der Waals surface area contributed by atoms with Crippen LogP contribution in [0, 0.1) is 0 Å². The number of aromatic amines is 1. The number of nitrogens with one attached hydrogen (secondary N) is 2. The topological polar surface area (TPSA) is 70.7 Å². The molecule has 0 saturated carbocycles. The van der Waals surface area contributed by atoms with E-state index >= 15 is 0 Å². The van der Waals surface area contributed by atoms with E-state index in [1.165, 1.54) is 0 Å². The molecule has 1 amide bonds. The number of carbonyl (C=O) groups excluding carboxylic acids is 1. The van der Waals surface area contributed by atoms with E-state index in [4.69, 9.17) is 11.6 Å². The molecule has 1 aromatic carbocycles. The lowest BCUT2D eigenvalue weighted by molar-refractivity contribution is 0.0935. The number of pyridine rings is 1. The number of hydrogen-bond donors (Lipinski definition) is 2. The Labute approximate surface area is 126 Å². The zero-order valence-corrected chi connectivity index (χ0v) is 12.1. The van der Waals surface area contributed by atoms with Crippen LogP contribution in [-0.4, -0.2) is 21.1 Å². The van der Waals surface area contributed by atoms with Gasteiger partial charge in [0.2, 0.25) is 0 Å². The summed E-state index contributed by atoms with van der Waals surface area (Å²) < 4.78 is 0. The lowest BCUT2D eigenvalue weighted by Gasteiger charge is -2.12. The maximum atomic E-state index is 12.3. The van der Waals surface area contributed by atoms with Crippen LogP contribution in [0.15, 0.2) is 42.7 Å². The third-order valence-electron chi connectivity index (χ3n) is 3.29. The molecule has 0 aliphatic heterocycles. The zero-order valence-electron chi connectivity index (χ0n) is 11.3. The average molecular weight is 301 g/mol. The first kappa shape index (κ1) is 13.6. The van der Waals surface area contributed by atoms with Crippen LogP contribution in [0.3, 0.4) is 0 Å². The molecule has 2 N–H and O–H groups in total. The van der Waals surface area contributed by atoms with Crippen molar-refractivity contribution < 1.29 is 4.79 Å². The summed E-state index contributed by atoms with van der Waals surface area (Å²) in [5, 5.41) is 11.5. The lowest BCUT2D eigenvalue weighted by Crippen LogP contribution is -2.27. The van der Waals surface area contributed by atoms with Crippen LogP contribution in [0.1, 0.15) is 29.0 Å². The van der Waals surface area contributed by atoms with Crippen LogP contribution >= 0.6 is 11.6 Å². The minimum atomic E-state index is -0.267. The number of fused-ring (bicyclic) bond motifs is 1. The molecular weight excluding hydrogens is 288 g/mol. The van der Waals surface area contributed by atoms with Gasteiger partial charge in [0, 0.05) is 17.1 Å². The number of benzene rings is 1. The second kappa shape index (κ2) is 5.54. The van der Waals surface area contributed by atoms with E-state index in [0.717, 1.165) is 16.3 Å². The highest BCUT2D eigenvalue weighted by Crippen LogP contribution is 2.22. The summed E-state index contributed by atoms with van der Waals surface area (Å²) in [6.45, 7) is 1.88. The normalized spacial score (nSPS) is 12.3. The Bertz CT molecular complexity index is 785. The molecule has 106 valence electrons. The number of rotatable bonds is 3. The summed E-state index contributed by atoms with van der Waals surface area (Å²) >= 11 is 6.14. The smallest absolute Gasteiger partial charge is 0.270 e. The summed E-state index contributed by atoms with van der Waals surface area (Å²) in [5.41, 5.74) is 1.20. The SMILES string of the molecule is CC(NC(=O)c1cc2ccccc2c(Cl)n1)c1cn[nH]c1. The molecule has 0 aliphatic rings. The first-order valence-corrected chi connectivity index (χ1v) is 6.88. The molecule has 3 aromatic rings. The number of carbonyl (C=O) groups is 1. The van der Waals surface area contributed by atoms with Crippen LogP contribution in [0.25, 0.3) is 10.8 Å². The number of hydrogen-bond acceptors (Lipinski definition) is 3. The Balaban J connectivity index is 1.88. The van der Waals surface area contributed by atoms with Gasteiger partial charge < -0.3 is 5.32 Å². The first-order valence-electron chi connectivity index (χ1n) is 6.50. The van der Waals surface area contributed by atoms with Crippen molar-refractivity contribution in [2.45, 2.75) is 13.0 Å². The van der Waals surface area contributed by atoms with Crippen LogP contribution in [0.4, 0.5) is 0 Å². The van der Waals surface area contributed by atoms with E-state index in [1.807, 2.05) is 31.2 Å². The van der Waals surface area contributed by atoms with Crippen molar-refractivity contribution in [3.05, 3.63) is 59.1 Å². The van der Waals surface area contributed by atoms with Crippen molar-refractivity contribution in [1.29, 1.82) is 0 Å². The Morgan fingerprint density at radius 3 is 2.95 bits per heavy atom. The largest absolute Gasteiger partial charge is 0.344 e. The highest BCUT2D eigenvalue weighted by molar-refractivity contribution is 6.34. The number of amides is 1. The third-order valence-corrected chi connectivity index (χ3v) is 3.58. The molecule has 3 rings (SSSR count). The van der Waals surface area contributed by atoms with Gasteiger partial charge in [-0.25, -0.2) is 4.98 Å². The molecule has 6 heteroatoms. The summed E-state index contributed by atoms with van der Waals surface area (Å²) in [7, 11) is 0. The molecule has 0 spiro atoms. The fourth-order valence-corrected chi connectivity index (χ4v) is 2.39. The van der Waals surface area contributed by atoms with E-state index in [9.17, 15) is 4.79 Å². The minimum absolute atomic E-state index is 0.164. The van der Waals surface area contributed by atoms with Crippen LogP contribution < -0.4 is 5.32 Å². The van der Waals surface area contributed by atoms with E-state index in [0.29, 0.717) is 10.8 Å². The Hall–Kier alpha value is -2.40. The van der Waals surface area contributed by atoms with Gasteiger partial charge in [-0.2, -0.15) is 5.10 Å². The molecule has 0 saturated heterocycles. The molecule has 0 bridgehead atoms. The van der Waals surface area contributed by atoms with E-state index in [-0.39, 0.29) is 11.9 Å². The summed E-state index contributed by atoms with van der Waals surface area (Å²) in [4.78, 5) is 16.4. The molecule has 1 atom stereocenters. The van der Waals surface area contributed by atoms with Gasteiger partial charge in [-0.15, -0.1) is 0 Å². The van der Waals surface area contributed by atoms with Crippen molar-refractivity contribution >= 4 is 28.3 Å². The predicted molar refractivity (Wildman–Crippen MR) is 81.2 cm³/mol. The molecule has 2 heterocycles. The maximum Gasteiger partial charge on any atom is 0.270 e. The van der Waals surface area contributed by atoms with Gasteiger partial charge in [-0.1, -0.05) is 35.9 Å². The van der Waals surface area contributed by atoms with Crippen LogP contribution in [0.2, 0.25) is 5.15 Å². The van der Waals surface area contributed by atoms with E-state index in [2.05, 4.69) is 20.5 Å². The van der Waals surface area contributed by atoms with Crippen LogP contribution in [-0.2, 0) is 0 Å². The molecule has 0 radical (unpaired) electrons. The molecule has 2 aromatic heterocycles. The van der Waals surface area contributed by atoms with Crippen molar-refractivity contribution in [3.63, 3.8) is 0 Å². The Morgan fingerprint density at radius 2 is 2.19 bits per heavy atom. The highest BCUT2D eigenvalue weighted by Gasteiger charge is 2.15. The van der Waals surface area contributed by atoms with Gasteiger partial charge >= 0.3 is 0 Å². The van der Waals surface area contributed by atoms with E-state index < -0.39 is 0 Å². The van der Waals surface area contributed by atoms with Crippen LogP contribution in [0.5, 0.6) is 0 Å². The number of halogens is 1. The Morgan fingerprint density at radius 1 is 1.38 bits per heavy atom. The third kappa shape index (κ3) is 2.73. The van der Waals surface area contributed by atoms with Gasteiger partial charge in [0.15, 0.2) is 0 Å². The molecule has 0 fully saturated rings. The first-order chi connectivity index (χ1) is 10.1. The van der Waals surface area contributed by atoms with Gasteiger partial charge in [-0.05, 0) is 18.4 Å². The molecule has 5 nitrogen and oxygen atoms in total. The van der Waals surface area contributed by atoms with Gasteiger partial charge in [0.25, 0.3) is 5.91 Å². The number of H-pyrrole nitrogens is 1.